The highest BCUT2D eigenvalue weighted by molar-refractivity contribution is 6.28. The zero-order valence-electron chi connectivity index (χ0n) is 8.90. The van der Waals surface area contributed by atoms with E-state index >= 15 is 0 Å². The lowest BCUT2D eigenvalue weighted by molar-refractivity contribution is 0.0398. The van der Waals surface area contributed by atoms with Gasteiger partial charge in [-0.05, 0) is 11.6 Å². The number of ether oxygens (including phenoxy) is 1. The maximum absolute atomic E-state index is 5.62. The molecule has 1 N–H and O–H groups in total. The number of aromatic nitrogens is 3. The van der Waals surface area contributed by atoms with Gasteiger partial charge in [0.2, 0.25) is 5.28 Å². The molecule has 7 heteroatoms. The van der Waals surface area contributed by atoms with Crippen LogP contribution in [0.2, 0.25) is 5.28 Å². The van der Waals surface area contributed by atoms with E-state index in [0.717, 1.165) is 39.4 Å². The standard InChI is InChI=1S/C9H14ClN5O/c10-9-13-8(7-12-14-9)11-1-2-15-3-5-16-6-4-15/h7H,1-6H2,(H,11,13,14). The van der Waals surface area contributed by atoms with Gasteiger partial charge in [-0.3, -0.25) is 4.90 Å². The van der Waals surface area contributed by atoms with E-state index in [1.54, 1.807) is 6.20 Å². The Kier molecular flexibility index (Phi) is 4.26. The number of nitrogens with zero attached hydrogens (tertiary/aromatic N) is 4. The van der Waals surface area contributed by atoms with Crippen LogP contribution in [0.15, 0.2) is 6.20 Å². The van der Waals surface area contributed by atoms with Crippen molar-refractivity contribution in [3.63, 3.8) is 0 Å². The monoisotopic (exact) mass is 243 g/mol. The molecule has 1 saturated heterocycles. The van der Waals surface area contributed by atoms with Crippen molar-refractivity contribution in [1.29, 1.82) is 0 Å². The molecule has 0 radical (unpaired) electrons. The topological polar surface area (TPSA) is 63.2 Å². The third-order valence-corrected chi connectivity index (χ3v) is 2.53. The quantitative estimate of drug-likeness (QED) is 0.819. The van der Waals surface area contributed by atoms with Crippen molar-refractivity contribution in [2.75, 3.05) is 44.7 Å². The molecule has 88 valence electrons. The van der Waals surface area contributed by atoms with Crippen molar-refractivity contribution < 1.29 is 4.74 Å². The first-order valence-corrected chi connectivity index (χ1v) is 5.61. The van der Waals surface area contributed by atoms with Crippen LogP contribution in [0.3, 0.4) is 0 Å². The summed E-state index contributed by atoms with van der Waals surface area (Å²) in [5.74, 6) is 0.660. The smallest absolute Gasteiger partial charge is 0.244 e. The van der Waals surface area contributed by atoms with E-state index in [1.807, 2.05) is 0 Å². The number of rotatable bonds is 4. The summed E-state index contributed by atoms with van der Waals surface area (Å²) in [6, 6.07) is 0. The molecule has 0 saturated carbocycles. The predicted molar refractivity (Wildman–Crippen MR) is 60.6 cm³/mol. The third-order valence-electron chi connectivity index (χ3n) is 2.37. The number of nitrogens with one attached hydrogen (secondary N) is 1. The van der Waals surface area contributed by atoms with Crippen molar-refractivity contribution in [1.82, 2.24) is 20.1 Å². The van der Waals surface area contributed by atoms with Gasteiger partial charge in [0.05, 0.1) is 19.4 Å². The second kappa shape index (κ2) is 5.93. The van der Waals surface area contributed by atoms with E-state index in [0.29, 0.717) is 5.82 Å². The van der Waals surface area contributed by atoms with Crippen molar-refractivity contribution in [2.45, 2.75) is 0 Å². The zero-order chi connectivity index (χ0) is 11.2. The van der Waals surface area contributed by atoms with Gasteiger partial charge >= 0.3 is 0 Å². The Morgan fingerprint density at radius 2 is 2.25 bits per heavy atom. The van der Waals surface area contributed by atoms with Gasteiger partial charge in [-0.15, -0.1) is 5.10 Å². The maximum atomic E-state index is 5.62. The highest BCUT2D eigenvalue weighted by Crippen LogP contribution is 2.03. The molecule has 2 rings (SSSR count). The van der Waals surface area contributed by atoms with Gasteiger partial charge in [0.25, 0.3) is 0 Å². The normalized spacial score (nSPS) is 17.3. The first-order chi connectivity index (χ1) is 7.84. The molecule has 0 unspecified atom stereocenters. The molecule has 0 amide bonds. The lowest BCUT2D eigenvalue weighted by Crippen LogP contribution is -2.39. The average Bonchev–Trinajstić information content (AvgIpc) is 2.30. The number of hydrogen-bond donors (Lipinski definition) is 1. The van der Waals surface area contributed by atoms with E-state index in [9.17, 15) is 0 Å². The molecule has 2 heterocycles. The predicted octanol–water partition coefficient (Wildman–Crippen LogP) is 0.269. The summed E-state index contributed by atoms with van der Waals surface area (Å²) >= 11 is 5.62. The molecule has 1 aromatic rings. The summed E-state index contributed by atoms with van der Waals surface area (Å²) < 4.78 is 5.27. The molecule has 0 aliphatic carbocycles. The number of anilines is 1. The summed E-state index contributed by atoms with van der Waals surface area (Å²) in [4.78, 5) is 6.33. The lowest BCUT2D eigenvalue weighted by atomic mass is 10.4. The Morgan fingerprint density at radius 1 is 1.44 bits per heavy atom. The molecule has 1 aromatic heterocycles. The number of morpholine rings is 1. The van der Waals surface area contributed by atoms with Crippen LogP contribution in [-0.2, 0) is 4.74 Å². The van der Waals surface area contributed by atoms with Gasteiger partial charge in [-0.25, -0.2) is 0 Å². The molecule has 1 aliphatic rings. The van der Waals surface area contributed by atoms with Crippen molar-refractivity contribution in [2.24, 2.45) is 0 Å². The summed E-state index contributed by atoms with van der Waals surface area (Å²) in [6.45, 7) is 5.40. The molecule has 6 nitrogen and oxygen atoms in total. The van der Waals surface area contributed by atoms with Gasteiger partial charge in [-0.2, -0.15) is 10.1 Å². The van der Waals surface area contributed by atoms with Crippen LogP contribution in [0.4, 0.5) is 5.82 Å². The van der Waals surface area contributed by atoms with Crippen LogP contribution in [0.5, 0.6) is 0 Å². The third kappa shape index (κ3) is 3.55. The van der Waals surface area contributed by atoms with Crippen molar-refractivity contribution >= 4 is 17.4 Å². The van der Waals surface area contributed by atoms with Gasteiger partial charge < -0.3 is 10.1 Å². The number of hydrogen-bond acceptors (Lipinski definition) is 6. The fourth-order valence-corrected chi connectivity index (χ4v) is 1.67. The molecule has 0 bridgehead atoms. The summed E-state index contributed by atoms with van der Waals surface area (Å²) in [5.41, 5.74) is 0. The van der Waals surface area contributed by atoms with Gasteiger partial charge in [0.1, 0.15) is 5.82 Å². The van der Waals surface area contributed by atoms with E-state index in [4.69, 9.17) is 16.3 Å². The van der Waals surface area contributed by atoms with Crippen LogP contribution in [0, 0.1) is 0 Å². The van der Waals surface area contributed by atoms with Crippen molar-refractivity contribution in [3.8, 4) is 0 Å². The Bertz CT molecular complexity index is 331. The van der Waals surface area contributed by atoms with Crippen LogP contribution < -0.4 is 5.32 Å². The molecule has 0 aromatic carbocycles. The highest BCUT2D eigenvalue weighted by Gasteiger charge is 2.09. The molecular formula is C9H14ClN5O. The van der Waals surface area contributed by atoms with Crippen LogP contribution in [0.25, 0.3) is 0 Å². The van der Waals surface area contributed by atoms with Crippen LogP contribution >= 0.6 is 11.6 Å². The maximum Gasteiger partial charge on any atom is 0.244 e. The largest absolute Gasteiger partial charge is 0.379 e. The Labute approximate surface area is 99.0 Å². The van der Waals surface area contributed by atoms with Crippen LogP contribution in [-0.4, -0.2) is 59.5 Å². The van der Waals surface area contributed by atoms with E-state index in [2.05, 4.69) is 25.4 Å². The van der Waals surface area contributed by atoms with E-state index < -0.39 is 0 Å². The summed E-state index contributed by atoms with van der Waals surface area (Å²) in [7, 11) is 0. The SMILES string of the molecule is Clc1nncc(NCCN2CCOCC2)n1. The molecule has 0 atom stereocenters. The fraction of sp³-hybridized carbons (Fsp3) is 0.667. The Balaban J connectivity index is 1.71. The molecule has 1 fully saturated rings. The van der Waals surface area contributed by atoms with Gasteiger partial charge in [-0.1, -0.05) is 0 Å². The zero-order valence-corrected chi connectivity index (χ0v) is 9.65. The first kappa shape index (κ1) is 11.5. The Morgan fingerprint density at radius 3 is 3.00 bits per heavy atom. The second-order valence-corrected chi connectivity index (χ2v) is 3.83. The minimum atomic E-state index is 0.163. The van der Waals surface area contributed by atoms with Gasteiger partial charge in [0.15, 0.2) is 0 Å². The minimum absolute atomic E-state index is 0.163. The molecular weight excluding hydrogens is 230 g/mol. The van der Waals surface area contributed by atoms with Gasteiger partial charge in [0, 0.05) is 26.2 Å². The lowest BCUT2D eigenvalue weighted by Gasteiger charge is -2.26. The first-order valence-electron chi connectivity index (χ1n) is 5.24. The fourth-order valence-electron chi connectivity index (χ4n) is 1.53. The van der Waals surface area contributed by atoms with E-state index in [1.165, 1.54) is 0 Å². The minimum Gasteiger partial charge on any atom is -0.379 e. The van der Waals surface area contributed by atoms with Crippen molar-refractivity contribution in [3.05, 3.63) is 11.5 Å². The van der Waals surface area contributed by atoms with E-state index in [-0.39, 0.29) is 5.28 Å². The highest BCUT2D eigenvalue weighted by atomic mass is 35.5. The molecule has 0 spiro atoms. The molecule has 1 aliphatic heterocycles. The Hall–Kier alpha value is -0.980. The molecule has 16 heavy (non-hydrogen) atoms. The average molecular weight is 244 g/mol. The number of halogens is 1. The second-order valence-electron chi connectivity index (χ2n) is 3.49. The van der Waals surface area contributed by atoms with Crippen LogP contribution in [0.1, 0.15) is 0 Å². The summed E-state index contributed by atoms with van der Waals surface area (Å²) in [5, 5.41) is 10.6. The summed E-state index contributed by atoms with van der Waals surface area (Å²) in [6.07, 6.45) is 1.56.